The van der Waals surface area contributed by atoms with Crippen LogP contribution in [0.4, 0.5) is 0 Å². The van der Waals surface area contributed by atoms with Crippen LogP contribution in [0.1, 0.15) is 49.7 Å². The fourth-order valence-electron chi connectivity index (χ4n) is 3.97. The lowest BCUT2D eigenvalue weighted by Gasteiger charge is -2.26. The van der Waals surface area contributed by atoms with Crippen LogP contribution in [0.3, 0.4) is 0 Å². The van der Waals surface area contributed by atoms with Gasteiger partial charge in [0, 0.05) is 17.9 Å². The van der Waals surface area contributed by atoms with E-state index in [4.69, 9.17) is 11.6 Å². The van der Waals surface area contributed by atoms with Crippen LogP contribution in [0.5, 0.6) is 0 Å². The highest BCUT2D eigenvalue weighted by atomic mass is 35.5. The van der Waals surface area contributed by atoms with Gasteiger partial charge in [-0.25, -0.2) is 0 Å². The summed E-state index contributed by atoms with van der Waals surface area (Å²) in [5, 5.41) is 4.31. The molecule has 22 heavy (non-hydrogen) atoms. The predicted octanol–water partition coefficient (Wildman–Crippen LogP) is 4.18. The number of benzene rings is 1. The summed E-state index contributed by atoms with van der Waals surface area (Å²) in [5.41, 5.74) is 2.58. The summed E-state index contributed by atoms with van der Waals surface area (Å²) < 4.78 is 0. The van der Waals surface area contributed by atoms with Crippen LogP contribution < -0.4 is 5.32 Å². The number of rotatable bonds is 3. The number of piperidine rings is 1. The molecule has 2 nitrogen and oxygen atoms in total. The third-order valence-corrected chi connectivity index (χ3v) is 5.69. The second kappa shape index (κ2) is 7.61. The number of hydrogen-bond donors (Lipinski definition) is 1. The number of nitrogens with one attached hydrogen (secondary N) is 1. The van der Waals surface area contributed by atoms with Crippen molar-refractivity contribution in [3.05, 3.63) is 34.3 Å². The molecule has 1 fully saturated rings. The van der Waals surface area contributed by atoms with Gasteiger partial charge in [0.2, 0.25) is 0 Å². The van der Waals surface area contributed by atoms with E-state index in [1.54, 1.807) is 0 Å². The lowest BCUT2D eigenvalue weighted by Crippen LogP contribution is -2.28. The summed E-state index contributed by atoms with van der Waals surface area (Å²) in [7, 11) is 0. The van der Waals surface area contributed by atoms with E-state index in [9.17, 15) is 4.79 Å². The fourth-order valence-corrected chi connectivity index (χ4v) is 4.24. The second-order valence-corrected chi connectivity index (χ2v) is 7.37. The first-order chi connectivity index (χ1) is 10.7. The molecule has 3 rings (SSSR count). The van der Waals surface area contributed by atoms with Gasteiger partial charge in [-0.2, -0.15) is 0 Å². The Bertz CT molecular complexity index is 522. The number of carbonyl (C=O) groups excluding carboxylic acids is 1. The first-order valence-corrected chi connectivity index (χ1v) is 9.09. The molecular formula is C19H26ClNO. The number of halogens is 1. The molecule has 0 saturated carbocycles. The molecule has 0 radical (unpaired) electrons. The van der Waals surface area contributed by atoms with Gasteiger partial charge in [0.25, 0.3) is 0 Å². The quantitative estimate of drug-likeness (QED) is 0.905. The molecule has 0 amide bonds. The number of Topliss-reactive ketones (excluding diaryl/α,β-unsaturated/α-hetero) is 1. The van der Waals surface area contributed by atoms with E-state index in [1.165, 1.54) is 36.8 Å². The van der Waals surface area contributed by atoms with Crippen molar-refractivity contribution >= 4 is 17.4 Å². The Labute approximate surface area is 138 Å². The lowest BCUT2D eigenvalue weighted by molar-refractivity contribution is -0.120. The standard InChI is InChI=1S/C19H26ClNO/c20-19-3-1-2-16-6-7-17(22)12-15(13-18(16)19)5-4-14-8-10-21-11-9-14/h1-3,14-15,21H,4-13H2. The molecular weight excluding hydrogens is 294 g/mol. The minimum atomic E-state index is 0.431. The highest BCUT2D eigenvalue weighted by Gasteiger charge is 2.23. The molecule has 1 saturated heterocycles. The second-order valence-electron chi connectivity index (χ2n) is 6.96. The van der Waals surface area contributed by atoms with Crippen LogP contribution in [-0.4, -0.2) is 18.9 Å². The Morgan fingerprint density at radius 2 is 1.82 bits per heavy atom. The van der Waals surface area contributed by atoms with Crippen LogP contribution in [0.25, 0.3) is 0 Å². The maximum Gasteiger partial charge on any atom is 0.133 e. The van der Waals surface area contributed by atoms with E-state index < -0.39 is 0 Å². The van der Waals surface area contributed by atoms with Gasteiger partial charge in [-0.15, -0.1) is 0 Å². The minimum Gasteiger partial charge on any atom is -0.317 e. The summed E-state index contributed by atoms with van der Waals surface area (Å²) in [4.78, 5) is 12.1. The summed E-state index contributed by atoms with van der Waals surface area (Å²) in [6, 6.07) is 6.15. The molecule has 0 spiro atoms. The van der Waals surface area contributed by atoms with Gasteiger partial charge >= 0.3 is 0 Å². The van der Waals surface area contributed by atoms with E-state index >= 15 is 0 Å². The molecule has 1 aromatic carbocycles. The Kier molecular flexibility index (Phi) is 5.54. The van der Waals surface area contributed by atoms with Gasteiger partial charge in [-0.05, 0) is 74.2 Å². The van der Waals surface area contributed by atoms with Gasteiger partial charge in [0.1, 0.15) is 5.78 Å². The fraction of sp³-hybridized carbons (Fsp3) is 0.632. The number of aryl methyl sites for hydroxylation is 1. The van der Waals surface area contributed by atoms with Crippen molar-refractivity contribution < 1.29 is 4.79 Å². The number of carbonyl (C=O) groups is 1. The predicted molar refractivity (Wildman–Crippen MR) is 91.4 cm³/mol. The average molecular weight is 320 g/mol. The highest BCUT2D eigenvalue weighted by molar-refractivity contribution is 6.31. The van der Waals surface area contributed by atoms with Crippen molar-refractivity contribution in [2.24, 2.45) is 11.8 Å². The van der Waals surface area contributed by atoms with E-state index in [1.807, 2.05) is 12.1 Å². The average Bonchev–Trinajstić information content (AvgIpc) is 2.52. The van der Waals surface area contributed by atoms with Crippen LogP contribution in [-0.2, 0) is 17.6 Å². The molecule has 1 atom stereocenters. The molecule has 1 aliphatic heterocycles. The number of ketones is 1. The summed E-state index contributed by atoms with van der Waals surface area (Å²) in [5.74, 6) is 1.75. The zero-order chi connectivity index (χ0) is 15.4. The zero-order valence-electron chi connectivity index (χ0n) is 13.2. The van der Waals surface area contributed by atoms with Crippen molar-refractivity contribution in [3.63, 3.8) is 0 Å². The first kappa shape index (κ1) is 16.0. The van der Waals surface area contributed by atoms with Crippen LogP contribution in [0.2, 0.25) is 5.02 Å². The Morgan fingerprint density at radius 3 is 2.64 bits per heavy atom. The summed E-state index contributed by atoms with van der Waals surface area (Å²) >= 11 is 6.43. The molecule has 120 valence electrons. The van der Waals surface area contributed by atoms with E-state index in [0.29, 0.717) is 18.1 Å². The topological polar surface area (TPSA) is 29.1 Å². The molecule has 3 heteroatoms. The van der Waals surface area contributed by atoms with Crippen LogP contribution in [0, 0.1) is 11.8 Å². The molecule has 1 aromatic rings. The molecule has 1 heterocycles. The highest BCUT2D eigenvalue weighted by Crippen LogP contribution is 2.31. The van der Waals surface area contributed by atoms with Gasteiger partial charge in [-0.1, -0.05) is 30.2 Å². The van der Waals surface area contributed by atoms with E-state index in [2.05, 4.69) is 11.4 Å². The zero-order valence-corrected chi connectivity index (χ0v) is 14.0. The SMILES string of the molecule is O=C1CCc2cccc(Cl)c2CC(CCC2CCNCC2)C1. The normalized spacial score (nSPS) is 23.7. The third-order valence-electron chi connectivity index (χ3n) is 5.34. The number of hydrogen-bond acceptors (Lipinski definition) is 2. The molecule has 0 aromatic heterocycles. The minimum absolute atomic E-state index is 0.431. The lowest BCUT2D eigenvalue weighted by atomic mass is 9.81. The van der Waals surface area contributed by atoms with E-state index in [-0.39, 0.29) is 0 Å². The van der Waals surface area contributed by atoms with Crippen LogP contribution in [0.15, 0.2) is 18.2 Å². The maximum absolute atomic E-state index is 12.1. The maximum atomic E-state index is 12.1. The Morgan fingerprint density at radius 1 is 1.05 bits per heavy atom. The smallest absolute Gasteiger partial charge is 0.133 e. The van der Waals surface area contributed by atoms with Crippen molar-refractivity contribution in [2.45, 2.75) is 51.4 Å². The van der Waals surface area contributed by atoms with Crippen molar-refractivity contribution in [2.75, 3.05) is 13.1 Å². The van der Waals surface area contributed by atoms with Crippen molar-refractivity contribution in [3.8, 4) is 0 Å². The third kappa shape index (κ3) is 4.11. The van der Waals surface area contributed by atoms with Crippen LogP contribution >= 0.6 is 11.6 Å². The van der Waals surface area contributed by atoms with Gasteiger partial charge in [0.05, 0.1) is 0 Å². The summed E-state index contributed by atoms with van der Waals surface area (Å²) in [6.45, 7) is 2.31. The van der Waals surface area contributed by atoms with E-state index in [0.717, 1.165) is 43.3 Å². The molecule has 1 N–H and O–H groups in total. The summed E-state index contributed by atoms with van der Waals surface area (Å²) in [6.07, 6.45) is 8.27. The molecule has 0 bridgehead atoms. The van der Waals surface area contributed by atoms with Gasteiger partial charge < -0.3 is 5.32 Å². The van der Waals surface area contributed by atoms with Crippen molar-refractivity contribution in [1.29, 1.82) is 0 Å². The first-order valence-electron chi connectivity index (χ1n) is 8.71. The molecule has 1 aliphatic carbocycles. The van der Waals surface area contributed by atoms with Crippen molar-refractivity contribution in [1.82, 2.24) is 5.32 Å². The largest absolute Gasteiger partial charge is 0.317 e. The van der Waals surface area contributed by atoms with Gasteiger partial charge in [-0.3, -0.25) is 4.79 Å². The monoisotopic (exact) mass is 319 g/mol. The Hall–Kier alpha value is -0.860. The molecule has 2 aliphatic rings. The Balaban J connectivity index is 1.67. The number of fused-ring (bicyclic) bond motifs is 1. The molecule has 1 unspecified atom stereocenters. The van der Waals surface area contributed by atoms with Gasteiger partial charge in [0.15, 0.2) is 0 Å².